The third kappa shape index (κ3) is 3.59. The van der Waals surface area contributed by atoms with Gasteiger partial charge in [-0.2, -0.15) is 0 Å². The van der Waals surface area contributed by atoms with Gasteiger partial charge in [0.2, 0.25) is 0 Å². The van der Waals surface area contributed by atoms with Gasteiger partial charge in [0.25, 0.3) is 0 Å². The van der Waals surface area contributed by atoms with Crippen molar-refractivity contribution in [2.75, 3.05) is 0 Å². The number of nitrogens with zero attached hydrogens (tertiary/aromatic N) is 1. The molecule has 0 aliphatic rings. The highest BCUT2D eigenvalue weighted by Crippen LogP contribution is 2.17. The molecule has 1 aromatic heterocycles. The van der Waals surface area contributed by atoms with Crippen LogP contribution in [0.5, 0.6) is 0 Å². The number of rotatable bonds is 3. The van der Waals surface area contributed by atoms with E-state index in [2.05, 4.69) is 4.99 Å². The van der Waals surface area contributed by atoms with Crippen molar-refractivity contribution in [1.29, 1.82) is 0 Å². The number of thiophene rings is 1. The van der Waals surface area contributed by atoms with Crippen molar-refractivity contribution >= 4 is 23.3 Å². The Bertz CT molecular complexity index is 371. The summed E-state index contributed by atoms with van der Waals surface area (Å²) in [5.41, 5.74) is 0.715. The smallest absolute Gasteiger partial charge is 0.164 e. The predicted molar refractivity (Wildman–Crippen MR) is 66.3 cm³/mol. The van der Waals surface area contributed by atoms with Crippen LogP contribution < -0.4 is 0 Å². The van der Waals surface area contributed by atoms with Gasteiger partial charge in [0.05, 0.1) is 10.4 Å². The molecule has 0 saturated carbocycles. The van der Waals surface area contributed by atoms with E-state index in [1.54, 1.807) is 11.3 Å². The standard InChI is InChI=1S/C12H17NOS/c1-5-10(14)9-6-7-15-11(9)8-13-12(2,3)4/h6-8H,5H2,1-4H3. The van der Waals surface area contributed by atoms with E-state index in [1.807, 2.05) is 45.4 Å². The molecule has 0 N–H and O–H groups in total. The van der Waals surface area contributed by atoms with Crippen molar-refractivity contribution in [2.24, 2.45) is 4.99 Å². The first-order valence-corrected chi connectivity index (χ1v) is 5.98. The molecule has 0 aliphatic carbocycles. The highest BCUT2D eigenvalue weighted by atomic mass is 32.1. The minimum Gasteiger partial charge on any atom is -0.294 e. The second kappa shape index (κ2) is 4.71. The van der Waals surface area contributed by atoms with Crippen LogP contribution in [0, 0.1) is 0 Å². The average molecular weight is 223 g/mol. The van der Waals surface area contributed by atoms with Gasteiger partial charge in [0.1, 0.15) is 0 Å². The third-order valence-corrected chi connectivity index (χ3v) is 2.74. The van der Waals surface area contributed by atoms with Gasteiger partial charge in [0.15, 0.2) is 5.78 Å². The normalized spacial score (nSPS) is 12.3. The number of ketones is 1. The Labute approximate surface area is 95.0 Å². The van der Waals surface area contributed by atoms with Crippen LogP contribution in [0.1, 0.15) is 49.4 Å². The van der Waals surface area contributed by atoms with E-state index in [0.29, 0.717) is 6.42 Å². The summed E-state index contributed by atoms with van der Waals surface area (Å²) < 4.78 is 0. The Morgan fingerprint density at radius 2 is 2.20 bits per heavy atom. The Hall–Kier alpha value is -0.960. The molecule has 3 heteroatoms. The fraction of sp³-hybridized carbons (Fsp3) is 0.500. The minimum absolute atomic E-state index is 0.0868. The van der Waals surface area contributed by atoms with E-state index in [0.717, 1.165) is 10.4 Å². The second-order valence-electron chi connectivity index (χ2n) is 4.40. The first kappa shape index (κ1) is 12.1. The summed E-state index contributed by atoms with van der Waals surface area (Å²) in [7, 11) is 0. The van der Waals surface area contributed by atoms with Crippen LogP contribution in [-0.2, 0) is 0 Å². The molecule has 0 saturated heterocycles. The van der Waals surface area contributed by atoms with E-state index < -0.39 is 0 Å². The van der Waals surface area contributed by atoms with Gasteiger partial charge in [-0.15, -0.1) is 11.3 Å². The van der Waals surface area contributed by atoms with Gasteiger partial charge in [-0.05, 0) is 32.2 Å². The first-order chi connectivity index (χ1) is 6.94. The summed E-state index contributed by atoms with van der Waals surface area (Å²) in [5.74, 6) is 0.187. The predicted octanol–water partition coefficient (Wildman–Crippen LogP) is 3.56. The summed E-state index contributed by atoms with van der Waals surface area (Å²) in [6.45, 7) is 8.00. The van der Waals surface area contributed by atoms with E-state index in [4.69, 9.17) is 0 Å². The zero-order valence-corrected chi connectivity index (χ0v) is 10.5. The lowest BCUT2D eigenvalue weighted by Gasteiger charge is -2.10. The average Bonchev–Trinajstić information content (AvgIpc) is 2.60. The maximum atomic E-state index is 11.6. The third-order valence-electron chi connectivity index (χ3n) is 1.89. The van der Waals surface area contributed by atoms with Gasteiger partial charge >= 0.3 is 0 Å². The molecule has 1 rings (SSSR count). The fourth-order valence-corrected chi connectivity index (χ4v) is 1.87. The van der Waals surface area contributed by atoms with Gasteiger partial charge in [0, 0.05) is 18.2 Å². The molecule has 0 spiro atoms. The van der Waals surface area contributed by atoms with Gasteiger partial charge in [-0.25, -0.2) is 0 Å². The summed E-state index contributed by atoms with van der Waals surface area (Å²) >= 11 is 1.56. The topological polar surface area (TPSA) is 29.4 Å². The number of carbonyl (C=O) groups excluding carboxylic acids is 1. The molecule has 0 atom stereocenters. The van der Waals surface area contributed by atoms with Crippen molar-refractivity contribution in [3.63, 3.8) is 0 Å². The van der Waals surface area contributed by atoms with Crippen LogP contribution in [0.2, 0.25) is 0 Å². The monoisotopic (exact) mass is 223 g/mol. The molecule has 82 valence electrons. The lowest BCUT2D eigenvalue weighted by Crippen LogP contribution is -2.10. The van der Waals surface area contributed by atoms with E-state index in [-0.39, 0.29) is 11.3 Å². The molecule has 15 heavy (non-hydrogen) atoms. The summed E-state index contributed by atoms with van der Waals surface area (Å²) in [5, 5.41) is 1.94. The maximum absolute atomic E-state index is 11.6. The second-order valence-corrected chi connectivity index (χ2v) is 5.35. The van der Waals surface area contributed by atoms with Crippen molar-refractivity contribution in [3.05, 3.63) is 21.9 Å². The van der Waals surface area contributed by atoms with Crippen LogP contribution in [0.25, 0.3) is 0 Å². The molecule has 0 aromatic carbocycles. The maximum Gasteiger partial charge on any atom is 0.164 e. The minimum atomic E-state index is -0.0868. The first-order valence-electron chi connectivity index (χ1n) is 5.10. The molecule has 1 aromatic rings. The quantitative estimate of drug-likeness (QED) is 0.569. The molecule has 0 fully saturated rings. The van der Waals surface area contributed by atoms with E-state index >= 15 is 0 Å². The summed E-state index contributed by atoms with van der Waals surface area (Å²) in [6, 6.07) is 1.88. The SMILES string of the molecule is CCC(=O)c1ccsc1C=NC(C)(C)C. The highest BCUT2D eigenvalue weighted by Gasteiger charge is 2.11. The molecule has 0 aliphatic heterocycles. The van der Waals surface area contributed by atoms with Crippen LogP contribution in [0.4, 0.5) is 0 Å². The van der Waals surface area contributed by atoms with E-state index in [9.17, 15) is 4.79 Å². The van der Waals surface area contributed by atoms with Crippen LogP contribution >= 0.6 is 11.3 Å². The molecule has 0 radical (unpaired) electrons. The number of hydrogen-bond donors (Lipinski definition) is 0. The van der Waals surface area contributed by atoms with Crippen molar-refractivity contribution in [2.45, 2.75) is 39.7 Å². The van der Waals surface area contributed by atoms with Crippen molar-refractivity contribution in [1.82, 2.24) is 0 Å². The highest BCUT2D eigenvalue weighted by molar-refractivity contribution is 7.12. The van der Waals surface area contributed by atoms with Crippen LogP contribution in [0.15, 0.2) is 16.4 Å². The van der Waals surface area contributed by atoms with E-state index in [1.165, 1.54) is 0 Å². The molecule has 0 bridgehead atoms. The van der Waals surface area contributed by atoms with Gasteiger partial charge < -0.3 is 0 Å². The largest absolute Gasteiger partial charge is 0.294 e. The molecular formula is C12H17NOS. The van der Waals surface area contributed by atoms with Gasteiger partial charge in [-0.3, -0.25) is 9.79 Å². The molecule has 2 nitrogen and oxygen atoms in total. The summed E-state index contributed by atoms with van der Waals surface area (Å²) in [6.07, 6.45) is 2.36. The zero-order valence-electron chi connectivity index (χ0n) is 9.70. The lowest BCUT2D eigenvalue weighted by molar-refractivity contribution is 0.0988. The van der Waals surface area contributed by atoms with Crippen LogP contribution in [-0.4, -0.2) is 17.5 Å². The fourth-order valence-electron chi connectivity index (χ4n) is 1.09. The Kier molecular flexibility index (Phi) is 3.80. The number of aliphatic imine (C=N–C) groups is 1. The number of Topliss-reactive ketones (excluding diaryl/α,β-unsaturated/α-hetero) is 1. The Balaban J connectivity index is 2.92. The lowest BCUT2D eigenvalue weighted by atomic mass is 10.1. The Morgan fingerprint density at radius 3 is 2.73 bits per heavy atom. The molecular weight excluding hydrogens is 206 g/mol. The van der Waals surface area contributed by atoms with Crippen molar-refractivity contribution < 1.29 is 4.79 Å². The Morgan fingerprint density at radius 1 is 1.53 bits per heavy atom. The number of hydrogen-bond acceptors (Lipinski definition) is 3. The number of carbonyl (C=O) groups is 1. The molecule has 0 amide bonds. The van der Waals surface area contributed by atoms with Gasteiger partial charge in [-0.1, -0.05) is 6.92 Å². The molecule has 0 unspecified atom stereocenters. The van der Waals surface area contributed by atoms with Crippen molar-refractivity contribution in [3.8, 4) is 0 Å². The summed E-state index contributed by atoms with van der Waals surface area (Å²) in [4.78, 5) is 16.9. The zero-order chi connectivity index (χ0) is 11.5. The molecule has 1 heterocycles. The van der Waals surface area contributed by atoms with Crippen LogP contribution in [0.3, 0.4) is 0 Å².